The number of fused-ring (bicyclic) bond motifs is 1. The fourth-order valence-corrected chi connectivity index (χ4v) is 4.95. The maximum Gasteiger partial charge on any atom is 0.328 e. The molecule has 0 amide bonds. The van der Waals surface area contributed by atoms with E-state index in [1.54, 1.807) is 12.1 Å². The Morgan fingerprint density at radius 2 is 1.76 bits per heavy atom. The van der Waals surface area contributed by atoms with Crippen LogP contribution in [0, 0.1) is 5.92 Å². The van der Waals surface area contributed by atoms with Gasteiger partial charge in [-0.05, 0) is 90.3 Å². The van der Waals surface area contributed by atoms with Crippen molar-refractivity contribution in [1.82, 2.24) is 0 Å². The van der Waals surface area contributed by atoms with Crippen LogP contribution in [0.4, 0.5) is 5.69 Å². The Morgan fingerprint density at radius 3 is 2.41 bits per heavy atom. The largest absolute Gasteiger partial charge is 0.508 e. The van der Waals surface area contributed by atoms with Crippen LogP contribution in [0.1, 0.15) is 55.0 Å². The van der Waals surface area contributed by atoms with Crippen molar-refractivity contribution >= 4 is 17.7 Å². The number of aromatic hydroxyl groups is 1. The van der Waals surface area contributed by atoms with Gasteiger partial charge in [-0.1, -0.05) is 56.3 Å². The van der Waals surface area contributed by atoms with Crippen LogP contribution < -0.4 is 4.90 Å². The first-order valence-electron chi connectivity index (χ1n) is 12.0. The van der Waals surface area contributed by atoms with Gasteiger partial charge in [-0.2, -0.15) is 0 Å². The fourth-order valence-electron chi connectivity index (χ4n) is 4.95. The molecule has 176 valence electrons. The summed E-state index contributed by atoms with van der Waals surface area (Å²) in [4.78, 5) is 13.3. The minimum atomic E-state index is -0.958. The second-order valence-corrected chi connectivity index (χ2v) is 9.71. The van der Waals surface area contributed by atoms with Crippen LogP contribution in [-0.4, -0.2) is 22.7 Å². The lowest BCUT2D eigenvalue weighted by Gasteiger charge is -2.48. The van der Waals surface area contributed by atoms with Crippen molar-refractivity contribution in [3.05, 3.63) is 101 Å². The van der Waals surface area contributed by atoms with E-state index < -0.39 is 11.5 Å². The Labute approximate surface area is 202 Å². The molecule has 0 fully saturated rings. The first-order valence-corrected chi connectivity index (χ1v) is 12.0. The van der Waals surface area contributed by atoms with Crippen molar-refractivity contribution in [2.45, 2.75) is 45.6 Å². The zero-order chi connectivity index (χ0) is 24.3. The number of aryl methyl sites for hydroxylation is 1. The summed E-state index contributed by atoms with van der Waals surface area (Å²) >= 11 is 0. The van der Waals surface area contributed by atoms with Crippen molar-refractivity contribution in [1.29, 1.82) is 0 Å². The number of phenols is 1. The number of hydrogen-bond donors (Lipinski definition) is 2. The third kappa shape index (κ3) is 4.86. The number of benzene rings is 3. The number of carboxylic acids is 1. The van der Waals surface area contributed by atoms with E-state index in [0.29, 0.717) is 11.7 Å². The Morgan fingerprint density at radius 1 is 1.06 bits per heavy atom. The minimum absolute atomic E-state index is 0.290. The highest BCUT2D eigenvalue weighted by Crippen LogP contribution is 2.44. The van der Waals surface area contributed by atoms with Crippen LogP contribution in [0.25, 0.3) is 6.08 Å². The molecule has 34 heavy (non-hydrogen) atoms. The smallest absolute Gasteiger partial charge is 0.328 e. The molecule has 3 aromatic rings. The molecule has 1 aliphatic heterocycles. The molecule has 1 heterocycles. The van der Waals surface area contributed by atoms with Crippen LogP contribution in [0.3, 0.4) is 0 Å². The van der Waals surface area contributed by atoms with Gasteiger partial charge in [-0.25, -0.2) is 4.79 Å². The van der Waals surface area contributed by atoms with Crippen LogP contribution in [-0.2, 0) is 23.2 Å². The lowest BCUT2D eigenvalue weighted by molar-refractivity contribution is -0.131. The molecule has 0 spiro atoms. The molecule has 0 bridgehead atoms. The van der Waals surface area contributed by atoms with Gasteiger partial charge in [-0.15, -0.1) is 0 Å². The van der Waals surface area contributed by atoms with Gasteiger partial charge < -0.3 is 15.1 Å². The molecule has 4 rings (SSSR count). The monoisotopic (exact) mass is 455 g/mol. The molecule has 0 saturated carbocycles. The van der Waals surface area contributed by atoms with Crippen molar-refractivity contribution in [3.63, 3.8) is 0 Å². The highest BCUT2D eigenvalue weighted by Gasteiger charge is 2.40. The molecule has 4 nitrogen and oxygen atoms in total. The lowest BCUT2D eigenvalue weighted by Crippen LogP contribution is -2.49. The van der Waals surface area contributed by atoms with E-state index >= 15 is 0 Å². The van der Waals surface area contributed by atoms with Crippen molar-refractivity contribution < 1.29 is 15.0 Å². The van der Waals surface area contributed by atoms with Crippen LogP contribution in [0.5, 0.6) is 5.75 Å². The van der Waals surface area contributed by atoms with Gasteiger partial charge in [0.05, 0.1) is 5.54 Å². The highest BCUT2D eigenvalue weighted by molar-refractivity contribution is 5.85. The summed E-state index contributed by atoms with van der Waals surface area (Å²) < 4.78 is 0. The molecule has 3 aromatic carbocycles. The fraction of sp³-hybridized carbons (Fsp3) is 0.300. The number of nitrogens with zero attached hydrogens (tertiary/aromatic N) is 1. The first kappa shape index (κ1) is 23.6. The molecular weight excluding hydrogens is 422 g/mol. The second-order valence-electron chi connectivity index (χ2n) is 9.71. The van der Waals surface area contributed by atoms with Gasteiger partial charge in [-0.3, -0.25) is 0 Å². The number of rotatable bonds is 7. The molecule has 0 saturated heterocycles. The first-order chi connectivity index (χ1) is 16.3. The average Bonchev–Trinajstić information content (AvgIpc) is 2.82. The van der Waals surface area contributed by atoms with Gasteiger partial charge in [0.2, 0.25) is 0 Å². The van der Waals surface area contributed by atoms with Crippen LogP contribution >= 0.6 is 0 Å². The second kappa shape index (κ2) is 9.76. The molecular formula is C30H33NO3. The zero-order valence-electron chi connectivity index (χ0n) is 20.2. The lowest BCUT2D eigenvalue weighted by atomic mass is 9.76. The van der Waals surface area contributed by atoms with Crippen molar-refractivity contribution in [3.8, 4) is 5.75 Å². The summed E-state index contributed by atoms with van der Waals surface area (Å²) in [6, 6.07) is 22.7. The summed E-state index contributed by atoms with van der Waals surface area (Å²) in [6.45, 7) is 7.58. The maximum atomic E-state index is 10.9. The third-order valence-corrected chi connectivity index (χ3v) is 6.91. The zero-order valence-corrected chi connectivity index (χ0v) is 20.2. The number of aliphatic carboxylic acids is 1. The number of phenolic OH excluding ortho intramolecular Hbond substituents is 1. The Bertz CT molecular complexity index is 1180. The summed E-state index contributed by atoms with van der Waals surface area (Å²) in [5, 5.41) is 19.0. The van der Waals surface area contributed by atoms with E-state index in [-0.39, 0.29) is 0 Å². The van der Waals surface area contributed by atoms with Crippen LogP contribution in [0.2, 0.25) is 0 Å². The highest BCUT2D eigenvalue weighted by atomic mass is 16.4. The van der Waals surface area contributed by atoms with Crippen molar-refractivity contribution in [2.24, 2.45) is 5.92 Å². The SMILES string of the molecule is CC(C)CCc1ccc(N2CCc3cc(O)ccc3C2(C)c2ccc(/C=C/C(=O)O)cc2)cc1. The summed E-state index contributed by atoms with van der Waals surface area (Å²) in [5.74, 6) is 0.0181. The molecule has 1 atom stereocenters. The Balaban J connectivity index is 1.74. The topological polar surface area (TPSA) is 60.8 Å². The standard InChI is InChI=1S/C30H33NO3/c1-21(2)4-5-22-8-13-26(14-9-22)31-19-18-24-20-27(32)15-16-28(24)30(31,3)25-11-6-23(7-12-25)10-17-29(33)34/h6-17,20-21,32H,4-5,18-19H2,1-3H3,(H,33,34)/b17-10+. The van der Waals surface area contributed by atoms with E-state index in [2.05, 4.69) is 62.1 Å². The van der Waals surface area contributed by atoms with Gasteiger partial charge in [0, 0.05) is 18.3 Å². The summed E-state index contributed by atoms with van der Waals surface area (Å²) in [5.41, 5.74) is 6.39. The average molecular weight is 456 g/mol. The molecule has 1 unspecified atom stereocenters. The quantitative estimate of drug-likeness (QED) is 0.405. The molecule has 4 heteroatoms. The van der Waals surface area contributed by atoms with E-state index in [1.807, 2.05) is 24.3 Å². The third-order valence-electron chi connectivity index (χ3n) is 6.91. The normalized spacial score (nSPS) is 17.8. The summed E-state index contributed by atoms with van der Waals surface area (Å²) in [7, 11) is 0. The molecule has 0 aromatic heterocycles. The Kier molecular flexibility index (Phi) is 6.78. The molecule has 1 aliphatic rings. The Hall–Kier alpha value is -3.53. The molecule has 0 radical (unpaired) electrons. The van der Waals surface area contributed by atoms with E-state index in [4.69, 9.17) is 5.11 Å². The van der Waals surface area contributed by atoms with Crippen LogP contribution in [0.15, 0.2) is 72.8 Å². The van der Waals surface area contributed by atoms with Gasteiger partial charge in [0.1, 0.15) is 5.75 Å². The molecule has 0 aliphatic carbocycles. The number of anilines is 1. The van der Waals surface area contributed by atoms with E-state index in [1.165, 1.54) is 23.2 Å². The maximum absolute atomic E-state index is 10.9. The predicted octanol–water partition coefficient (Wildman–Crippen LogP) is 6.40. The minimum Gasteiger partial charge on any atom is -0.508 e. The van der Waals surface area contributed by atoms with E-state index in [0.717, 1.165) is 42.2 Å². The number of hydrogen-bond acceptors (Lipinski definition) is 3. The van der Waals surface area contributed by atoms with Gasteiger partial charge in [0.25, 0.3) is 0 Å². The van der Waals surface area contributed by atoms with Crippen molar-refractivity contribution in [2.75, 3.05) is 11.4 Å². The van der Waals surface area contributed by atoms with Gasteiger partial charge >= 0.3 is 5.97 Å². The molecule has 2 N–H and O–H groups in total. The number of carboxylic acid groups (broad SMARTS) is 1. The van der Waals surface area contributed by atoms with E-state index in [9.17, 15) is 9.90 Å². The predicted molar refractivity (Wildman–Crippen MR) is 138 cm³/mol. The summed E-state index contributed by atoms with van der Waals surface area (Å²) in [6.07, 6.45) is 5.88. The van der Waals surface area contributed by atoms with Gasteiger partial charge in [0.15, 0.2) is 0 Å². The number of carbonyl (C=O) groups is 1.